The Morgan fingerprint density at radius 2 is 1.91 bits per heavy atom. The first-order chi connectivity index (χ1) is 11.0. The molecule has 2 aliphatic heterocycles. The van der Waals surface area contributed by atoms with Crippen LogP contribution in [0.2, 0.25) is 6.32 Å². The van der Waals surface area contributed by atoms with Gasteiger partial charge in [-0.3, -0.25) is 29.4 Å². The van der Waals surface area contributed by atoms with E-state index in [1.807, 2.05) is 7.28 Å². The number of carbonyl (C=O) groups is 4. The van der Waals surface area contributed by atoms with E-state index in [4.69, 9.17) is 0 Å². The number of amides is 4. The number of nitrogens with zero attached hydrogens (tertiary/aromatic N) is 1. The van der Waals surface area contributed by atoms with Crippen molar-refractivity contribution < 1.29 is 19.2 Å². The van der Waals surface area contributed by atoms with Crippen LogP contribution < -0.4 is 10.8 Å². The van der Waals surface area contributed by atoms with E-state index in [1.165, 1.54) is 0 Å². The molecular formula is C16H16BN2O4. The van der Waals surface area contributed by atoms with Gasteiger partial charge in [0.2, 0.25) is 11.8 Å². The second-order valence-electron chi connectivity index (χ2n) is 5.75. The van der Waals surface area contributed by atoms with Gasteiger partial charge in [-0.25, -0.2) is 0 Å². The molecule has 6 nitrogen and oxygen atoms in total. The highest BCUT2D eigenvalue weighted by molar-refractivity contribution is 6.53. The Morgan fingerprint density at radius 3 is 2.61 bits per heavy atom. The normalized spacial score (nSPS) is 20.6. The number of rotatable bonds is 4. The number of imide groups is 2. The summed E-state index contributed by atoms with van der Waals surface area (Å²) in [4.78, 5) is 49.3. The van der Waals surface area contributed by atoms with Gasteiger partial charge in [0.15, 0.2) is 7.28 Å². The number of benzene rings is 1. The number of hydrogen-bond acceptors (Lipinski definition) is 4. The summed E-state index contributed by atoms with van der Waals surface area (Å²) in [7, 11) is 2.01. The maximum absolute atomic E-state index is 12.6. The van der Waals surface area contributed by atoms with Gasteiger partial charge in [-0.1, -0.05) is 37.3 Å². The summed E-state index contributed by atoms with van der Waals surface area (Å²) < 4.78 is 0. The number of carbonyl (C=O) groups excluding carboxylic acids is 4. The van der Waals surface area contributed by atoms with Crippen LogP contribution in [0.4, 0.5) is 0 Å². The number of nitrogens with one attached hydrogen (secondary N) is 1. The number of fused-ring (bicyclic) bond motifs is 1. The molecule has 1 unspecified atom stereocenters. The van der Waals surface area contributed by atoms with Crippen molar-refractivity contribution in [1.82, 2.24) is 10.2 Å². The van der Waals surface area contributed by atoms with Gasteiger partial charge in [-0.05, 0) is 12.5 Å². The third-order valence-electron chi connectivity index (χ3n) is 4.13. The summed E-state index contributed by atoms with van der Waals surface area (Å²) in [6.07, 6.45) is 2.18. The van der Waals surface area contributed by atoms with Gasteiger partial charge in [0.05, 0.1) is 11.1 Å². The van der Waals surface area contributed by atoms with Crippen LogP contribution in [0.1, 0.15) is 46.9 Å². The molecule has 0 spiro atoms. The second kappa shape index (κ2) is 5.99. The fourth-order valence-corrected chi connectivity index (χ4v) is 2.93. The van der Waals surface area contributed by atoms with Gasteiger partial charge >= 0.3 is 0 Å². The molecule has 0 saturated carbocycles. The van der Waals surface area contributed by atoms with Gasteiger partial charge in [0.1, 0.15) is 6.04 Å². The third kappa shape index (κ3) is 2.67. The lowest BCUT2D eigenvalue weighted by atomic mass is 9.66. The van der Waals surface area contributed by atoms with Crippen molar-refractivity contribution in [2.45, 2.75) is 38.5 Å². The number of hydrogen-bond donors (Lipinski definition) is 1. The van der Waals surface area contributed by atoms with E-state index in [0.717, 1.165) is 23.1 Å². The zero-order chi connectivity index (χ0) is 16.6. The molecule has 4 amide bonds. The van der Waals surface area contributed by atoms with E-state index in [1.54, 1.807) is 18.2 Å². The summed E-state index contributed by atoms with van der Waals surface area (Å²) in [5.74, 6) is -1.90. The highest BCUT2D eigenvalue weighted by Crippen LogP contribution is 2.26. The van der Waals surface area contributed by atoms with E-state index in [2.05, 4.69) is 12.2 Å². The first-order valence-electron chi connectivity index (χ1n) is 7.71. The molecule has 1 aromatic rings. The fraction of sp³-hybridized carbons (Fsp3) is 0.375. The lowest BCUT2D eigenvalue weighted by Crippen LogP contribution is -2.54. The summed E-state index contributed by atoms with van der Waals surface area (Å²) in [5, 5.41) is 2.18. The minimum absolute atomic E-state index is 0.124. The highest BCUT2D eigenvalue weighted by atomic mass is 16.2. The molecule has 0 bridgehead atoms. The van der Waals surface area contributed by atoms with E-state index < -0.39 is 23.8 Å². The average molecular weight is 311 g/mol. The van der Waals surface area contributed by atoms with Crippen molar-refractivity contribution in [3.05, 3.63) is 29.3 Å². The molecule has 1 saturated heterocycles. The van der Waals surface area contributed by atoms with Gasteiger partial charge in [-0.15, -0.1) is 0 Å². The van der Waals surface area contributed by atoms with Crippen LogP contribution in [-0.2, 0) is 9.59 Å². The van der Waals surface area contributed by atoms with Crippen molar-refractivity contribution in [2.75, 3.05) is 0 Å². The van der Waals surface area contributed by atoms with E-state index in [9.17, 15) is 19.2 Å². The summed E-state index contributed by atoms with van der Waals surface area (Å²) in [6, 6.07) is 4.21. The first kappa shape index (κ1) is 15.5. The molecule has 3 rings (SSSR count). The molecule has 1 N–H and O–H groups in total. The fourth-order valence-electron chi connectivity index (χ4n) is 2.93. The monoisotopic (exact) mass is 311 g/mol. The molecule has 0 aliphatic carbocycles. The van der Waals surface area contributed by atoms with Crippen molar-refractivity contribution in [3.8, 4) is 0 Å². The van der Waals surface area contributed by atoms with Crippen molar-refractivity contribution >= 4 is 36.4 Å². The molecule has 23 heavy (non-hydrogen) atoms. The van der Waals surface area contributed by atoms with Gasteiger partial charge in [0, 0.05) is 6.42 Å². The third-order valence-corrected chi connectivity index (χ3v) is 4.13. The molecule has 7 heteroatoms. The van der Waals surface area contributed by atoms with Crippen LogP contribution in [0.15, 0.2) is 18.2 Å². The molecule has 1 aromatic carbocycles. The topological polar surface area (TPSA) is 83.6 Å². The van der Waals surface area contributed by atoms with Gasteiger partial charge in [-0.2, -0.15) is 0 Å². The zero-order valence-corrected chi connectivity index (χ0v) is 12.8. The Morgan fingerprint density at radius 1 is 1.17 bits per heavy atom. The van der Waals surface area contributed by atoms with E-state index in [0.29, 0.717) is 11.1 Å². The highest BCUT2D eigenvalue weighted by Gasteiger charge is 2.44. The molecule has 2 aliphatic rings. The molecule has 1 atom stereocenters. The molecule has 2 heterocycles. The largest absolute Gasteiger partial charge is 0.295 e. The standard InChI is InChI=1S/C16H16BN2O4/c1-2-7-17-9-3-4-10-11(8-9)16(23)19(15(10)22)12-5-6-13(20)18-14(12)21/h3-4,8,12H,2,5-7H2,1H3,(H,18,20,21). The predicted octanol–water partition coefficient (Wildman–Crippen LogP) is 0.246. The molecule has 1 radical (unpaired) electrons. The SMILES string of the molecule is CCC[B]c1ccc2c(c1)C(=O)N(C1CCC(=O)NC1=O)C2=O. The van der Waals surface area contributed by atoms with Crippen LogP contribution in [0.3, 0.4) is 0 Å². The predicted molar refractivity (Wildman–Crippen MR) is 83.6 cm³/mol. The first-order valence-corrected chi connectivity index (χ1v) is 7.71. The van der Waals surface area contributed by atoms with E-state index in [-0.39, 0.29) is 18.7 Å². The Bertz CT molecular complexity index is 716. The zero-order valence-electron chi connectivity index (χ0n) is 12.8. The van der Waals surface area contributed by atoms with Crippen molar-refractivity contribution in [3.63, 3.8) is 0 Å². The van der Waals surface area contributed by atoms with Crippen LogP contribution in [0, 0.1) is 0 Å². The molecule has 117 valence electrons. The smallest absolute Gasteiger partial charge is 0.262 e. The Balaban J connectivity index is 1.88. The Kier molecular flexibility index (Phi) is 4.02. The molecule has 1 fully saturated rings. The van der Waals surface area contributed by atoms with Crippen LogP contribution >= 0.6 is 0 Å². The van der Waals surface area contributed by atoms with Gasteiger partial charge < -0.3 is 0 Å². The minimum Gasteiger partial charge on any atom is -0.295 e. The number of piperidine rings is 1. The van der Waals surface area contributed by atoms with Crippen molar-refractivity contribution in [2.24, 2.45) is 0 Å². The second-order valence-corrected chi connectivity index (χ2v) is 5.75. The quantitative estimate of drug-likeness (QED) is 0.638. The van der Waals surface area contributed by atoms with Crippen LogP contribution in [-0.4, -0.2) is 41.8 Å². The minimum atomic E-state index is -0.914. The summed E-state index contributed by atoms with van der Waals surface area (Å²) >= 11 is 0. The summed E-state index contributed by atoms with van der Waals surface area (Å²) in [6.45, 7) is 2.06. The lowest BCUT2D eigenvalue weighted by Gasteiger charge is -2.27. The van der Waals surface area contributed by atoms with Gasteiger partial charge in [0.25, 0.3) is 11.8 Å². The van der Waals surface area contributed by atoms with E-state index >= 15 is 0 Å². The van der Waals surface area contributed by atoms with Crippen molar-refractivity contribution in [1.29, 1.82) is 0 Å². The lowest BCUT2D eigenvalue weighted by molar-refractivity contribution is -0.136. The molecule has 0 aromatic heterocycles. The maximum Gasteiger partial charge on any atom is 0.262 e. The van der Waals surface area contributed by atoms with Crippen LogP contribution in [0.5, 0.6) is 0 Å². The maximum atomic E-state index is 12.6. The van der Waals surface area contributed by atoms with Crippen LogP contribution in [0.25, 0.3) is 0 Å². The Hall–Kier alpha value is -2.44. The molecular weight excluding hydrogens is 295 g/mol. The summed E-state index contributed by atoms with van der Waals surface area (Å²) in [5.41, 5.74) is 1.52. The Labute approximate surface area is 134 Å². The average Bonchev–Trinajstić information content (AvgIpc) is 2.77.